The Morgan fingerprint density at radius 3 is 1.49 bits per heavy atom. The van der Waals surface area contributed by atoms with Crippen molar-refractivity contribution < 1.29 is 9.47 Å². The van der Waals surface area contributed by atoms with Crippen molar-refractivity contribution in [2.24, 2.45) is 29.5 Å². The maximum atomic E-state index is 6.73. The third kappa shape index (κ3) is 32.4. The molecule has 63 heavy (non-hydrogen) atoms. The third-order valence-corrected chi connectivity index (χ3v) is 14.1. The van der Waals surface area contributed by atoms with Gasteiger partial charge in [-0.3, -0.25) is 5.84 Å². The molecule has 2 aliphatic rings. The average molecular weight is 876 g/mol. The number of nitrogens with two attached hydrogens (primary N) is 1. The topological polar surface area (TPSA) is 47.7 Å². The van der Waals surface area contributed by atoms with E-state index in [0.29, 0.717) is 23.7 Å². The first-order valence-corrected chi connectivity index (χ1v) is 27.8. The molecule has 0 radical (unpaired) electrons. The standard InChI is InChI=1S/C59H106N2O2/c1-5-8-11-13-15-17-19-21-23-25-27-29-31-33-35-37-39-42-44-55(43-41-38-36-34-32-30-28-26-24-22-20-18-16-14-12-9-6-2)52-62-53-57-46-47-59(58(57)45-40-10-7-3)63-54(4)56-48-50-61(60)51-49-56/h10,15-18,21-24,40,55-59H,4-9,11-14,19-20,25-39,41-53,60H2,1-3H3/b17-15-,18-16-,23-21-,24-22-,40-10-. The molecular weight excluding hydrogens is 769 g/mol. The van der Waals surface area contributed by atoms with Gasteiger partial charge in [-0.05, 0) is 127 Å². The van der Waals surface area contributed by atoms with Crippen LogP contribution in [-0.4, -0.2) is 37.4 Å². The Bertz CT molecular complexity index is 1160. The maximum absolute atomic E-state index is 6.73. The number of rotatable bonds is 43. The van der Waals surface area contributed by atoms with Crippen LogP contribution >= 0.6 is 0 Å². The summed E-state index contributed by atoms with van der Waals surface area (Å²) in [5, 5.41) is 1.94. The van der Waals surface area contributed by atoms with E-state index in [2.05, 4.69) is 88.1 Å². The number of hydrogen-bond donors (Lipinski definition) is 1. The molecule has 364 valence electrons. The van der Waals surface area contributed by atoms with Gasteiger partial charge in [-0.25, -0.2) is 5.01 Å². The second-order valence-corrected chi connectivity index (χ2v) is 19.8. The van der Waals surface area contributed by atoms with Crippen LogP contribution in [0.1, 0.15) is 245 Å². The molecule has 0 bridgehead atoms. The zero-order chi connectivity index (χ0) is 45.1. The molecule has 4 nitrogen and oxygen atoms in total. The van der Waals surface area contributed by atoms with Crippen LogP contribution in [0.2, 0.25) is 0 Å². The molecule has 2 fully saturated rings. The lowest BCUT2D eigenvalue weighted by atomic mass is 9.91. The van der Waals surface area contributed by atoms with E-state index >= 15 is 0 Å². The van der Waals surface area contributed by atoms with Crippen LogP contribution < -0.4 is 5.84 Å². The minimum atomic E-state index is 0.261. The van der Waals surface area contributed by atoms with Gasteiger partial charge in [0.15, 0.2) is 0 Å². The molecule has 1 heterocycles. The summed E-state index contributed by atoms with van der Waals surface area (Å²) in [4.78, 5) is 0. The Morgan fingerprint density at radius 2 is 1.02 bits per heavy atom. The van der Waals surface area contributed by atoms with E-state index in [4.69, 9.17) is 15.3 Å². The zero-order valence-electron chi connectivity index (χ0n) is 42.3. The largest absolute Gasteiger partial charge is 0.495 e. The molecule has 0 aromatic rings. The molecule has 1 aliphatic heterocycles. The highest BCUT2D eigenvalue weighted by molar-refractivity contribution is 4.99. The SMILES string of the molecule is C=C(OC1CCC(COCC(CCCCCCCCC/C=C\C/C=C\CCCCC)CCCCCCCCCC/C=C\C/C=C\CCCCC)C1C/C=C\CC)C1CCN(N)CC1. The van der Waals surface area contributed by atoms with E-state index in [9.17, 15) is 0 Å². The summed E-state index contributed by atoms with van der Waals surface area (Å²) in [5.74, 6) is 9.28. The van der Waals surface area contributed by atoms with Crippen LogP contribution in [-0.2, 0) is 9.47 Å². The number of ether oxygens (including phenoxy) is 2. The second-order valence-electron chi connectivity index (χ2n) is 19.8. The summed E-state index contributed by atoms with van der Waals surface area (Å²) >= 11 is 0. The Kier molecular flexibility index (Phi) is 38.8. The summed E-state index contributed by atoms with van der Waals surface area (Å²) in [5.41, 5.74) is 0. The highest BCUT2D eigenvalue weighted by Crippen LogP contribution is 2.40. The molecule has 1 saturated heterocycles. The summed E-state index contributed by atoms with van der Waals surface area (Å²) in [6.07, 6.45) is 69.2. The van der Waals surface area contributed by atoms with Crippen LogP contribution in [0.4, 0.5) is 0 Å². The molecule has 0 aromatic carbocycles. The fourth-order valence-corrected chi connectivity index (χ4v) is 9.81. The van der Waals surface area contributed by atoms with E-state index in [-0.39, 0.29) is 6.10 Å². The number of hydrazine groups is 1. The number of hydrogen-bond acceptors (Lipinski definition) is 4. The number of nitrogens with zero attached hydrogens (tertiary/aromatic N) is 1. The lowest BCUT2D eigenvalue weighted by Gasteiger charge is -2.32. The Balaban J connectivity index is 1.71. The van der Waals surface area contributed by atoms with Crippen molar-refractivity contribution in [3.8, 4) is 0 Å². The fraction of sp³-hybridized carbons (Fsp3) is 0.797. The second kappa shape index (κ2) is 42.7. The van der Waals surface area contributed by atoms with Crippen LogP contribution in [0, 0.1) is 23.7 Å². The van der Waals surface area contributed by atoms with Gasteiger partial charge < -0.3 is 9.47 Å². The fourth-order valence-electron chi connectivity index (χ4n) is 9.81. The van der Waals surface area contributed by atoms with Gasteiger partial charge in [0.1, 0.15) is 6.10 Å². The Labute approximate surface area is 393 Å². The lowest BCUT2D eigenvalue weighted by Crippen LogP contribution is -2.39. The summed E-state index contributed by atoms with van der Waals surface area (Å²) in [7, 11) is 0. The molecule has 0 spiro atoms. The minimum absolute atomic E-state index is 0.261. The molecule has 4 atom stereocenters. The molecular formula is C59H106N2O2. The van der Waals surface area contributed by atoms with Gasteiger partial charge in [-0.1, -0.05) is 197 Å². The Hall–Kier alpha value is -1.88. The van der Waals surface area contributed by atoms with Crippen LogP contribution in [0.3, 0.4) is 0 Å². The van der Waals surface area contributed by atoms with Crippen molar-refractivity contribution in [1.29, 1.82) is 0 Å². The predicted octanol–water partition coefficient (Wildman–Crippen LogP) is 18.1. The summed E-state index contributed by atoms with van der Waals surface area (Å²) < 4.78 is 13.5. The van der Waals surface area contributed by atoms with Gasteiger partial charge in [0.2, 0.25) is 0 Å². The average Bonchev–Trinajstić information content (AvgIpc) is 3.66. The van der Waals surface area contributed by atoms with E-state index in [0.717, 1.165) is 77.0 Å². The molecule has 4 heteroatoms. The monoisotopic (exact) mass is 875 g/mol. The van der Waals surface area contributed by atoms with Gasteiger partial charge in [-0.15, -0.1) is 0 Å². The van der Waals surface area contributed by atoms with Crippen molar-refractivity contribution in [3.63, 3.8) is 0 Å². The van der Waals surface area contributed by atoms with E-state index in [1.54, 1.807) is 0 Å². The molecule has 2 N–H and O–H groups in total. The van der Waals surface area contributed by atoms with Crippen LogP contribution in [0.5, 0.6) is 0 Å². The van der Waals surface area contributed by atoms with E-state index < -0.39 is 0 Å². The van der Waals surface area contributed by atoms with Gasteiger partial charge >= 0.3 is 0 Å². The van der Waals surface area contributed by atoms with Crippen molar-refractivity contribution in [1.82, 2.24) is 5.01 Å². The molecule has 1 aliphatic carbocycles. The van der Waals surface area contributed by atoms with E-state index in [1.165, 1.54) is 180 Å². The normalized spacial score (nSPS) is 19.7. The number of allylic oxidation sites excluding steroid dienone is 11. The first-order valence-electron chi connectivity index (χ1n) is 27.8. The highest BCUT2D eigenvalue weighted by Gasteiger charge is 2.38. The van der Waals surface area contributed by atoms with Gasteiger partial charge in [0, 0.05) is 38.1 Å². The maximum Gasteiger partial charge on any atom is 0.102 e. The quantitative estimate of drug-likeness (QED) is 0.0287. The first kappa shape index (κ1) is 57.2. The van der Waals surface area contributed by atoms with E-state index in [1.807, 2.05) is 5.01 Å². The van der Waals surface area contributed by atoms with Crippen LogP contribution in [0.25, 0.3) is 0 Å². The molecule has 0 aromatic heterocycles. The first-order chi connectivity index (χ1) is 31.1. The molecule has 4 unspecified atom stereocenters. The molecule has 1 saturated carbocycles. The number of unbranched alkanes of at least 4 members (excludes halogenated alkanes) is 21. The van der Waals surface area contributed by atoms with Gasteiger partial charge in [0.25, 0.3) is 0 Å². The van der Waals surface area contributed by atoms with Crippen molar-refractivity contribution >= 4 is 0 Å². The summed E-state index contributed by atoms with van der Waals surface area (Å²) in [6.45, 7) is 14.9. The number of piperidine rings is 1. The highest BCUT2D eigenvalue weighted by atomic mass is 16.5. The predicted molar refractivity (Wildman–Crippen MR) is 279 cm³/mol. The summed E-state index contributed by atoms with van der Waals surface area (Å²) in [6, 6.07) is 0. The van der Waals surface area contributed by atoms with Crippen molar-refractivity contribution in [3.05, 3.63) is 73.1 Å². The molecule has 0 amide bonds. The third-order valence-electron chi connectivity index (χ3n) is 14.1. The van der Waals surface area contributed by atoms with Crippen molar-refractivity contribution in [2.45, 2.75) is 252 Å². The zero-order valence-corrected chi connectivity index (χ0v) is 42.3. The van der Waals surface area contributed by atoms with Gasteiger partial charge in [0.05, 0.1) is 5.76 Å². The van der Waals surface area contributed by atoms with Gasteiger partial charge in [-0.2, -0.15) is 0 Å². The smallest absolute Gasteiger partial charge is 0.102 e. The molecule has 2 rings (SSSR count). The Morgan fingerprint density at radius 1 is 0.556 bits per heavy atom. The van der Waals surface area contributed by atoms with Crippen LogP contribution in [0.15, 0.2) is 73.1 Å². The minimum Gasteiger partial charge on any atom is -0.495 e. The lowest BCUT2D eigenvalue weighted by molar-refractivity contribution is 0.0183. The van der Waals surface area contributed by atoms with Crippen molar-refractivity contribution in [2.75, 3.05) is 26.3 Å².